The second kappa shape index (κ2) is 8.88. The van der Waals surface area contributed by atoms with Gasteiger partial charge in [0.1, 0.15) is 5.75 Å². The first-order chi connectivity index (χ1) is 14.6. The van der Waals surface area contributed by atoms with Crippen LogP contribution in [0.4, 0.5) is 5.95 Å². The molecule has 0 spiro atoms. The minimum absolute atomic E-state index is 0.160. The van der Waals surface area contributed by atoms with Crippen molar-refractivity contribution >= 4 is 27.6 Å². The normalized spacial score (nSPS) is 11.3. The Morgan fingerprint density at radius 2 is 1.53 bits per heavy atom. The fourth-order valence-corrected chi connectivity index (χ4v) is 3.24. The van der Waals surface area contributed by atoms with E-state index in [4.69, 9.17) is 0 Å². The lowest BCUT2D eigenvalue weighted by Crippen LogP contribution is -2.04. The molecule has 0 aliphatic carbocycles. The average molecular weight is 459 g/mol. The van der Waals surface area contributed by atoms with Crippen LogP contribution < -0.4 is 5.43 Å². The highest BCUT2D eigenvalue weighted by Gasteiger charge is 2.11. The van der Waals surface area contributed by atoms with Crippen LogP contribution in [0.2, 0.25) is 0 Å². The van der Waals surface area contributed by atoms with E-state index in [9.17, 15) is 5.11 Å². The highest BCUT2D eigenvalue weighted by atomic mass is 79.9. The van der Waals surface area contributed by atoms with Gasteiger partial charge in [0.05, 0.1) is 17.1 Å². The quantitative estimate of drug-likeness (QED) is 0.279. The third-order valence-electron chi connectivity index (χ3n) is 4.56. The van der Waals surface area contributed by atoms with Crippen LogP contribution in [-0.4, -0.2) is 20.8 Å². The molecular weight excluding hydrogens is 440 g/mol. The highest BCUT2D eigenvalue weighted by Crippen LogP contribution is 2.31. The van der Waals surface area contributed by atoms with E-state index in [1.165, 1.54) is 0 Å². The fourth-order valence-electron chi connectivity index (χ4n) is 2.97. The molecule has 4 rings (SSSR count). The van der Waals surface area contributed by atoms with Crippen LogP contribution in [0, 0.1) is 0 Å². The summed E-state index contributed by atoms with van der Waals surface area (Å²) in [7, 11) is 0. The molecule has 0 amide bonds. The maximum absolute atomic E-state index is 10.3. The topological polar surface area (TPSA) is 70.4 Å². The van der Waals surface area contributed by atoms with E-state index < -0.39 is 0 Å². The minimum Gasteiger partial charge on any atom is -0.507 e. The van der Waals surface area contributed by atoms with Gasteiger partial charge in [-0.3, -0.25) is 0 Å². The van der Waals surface area contributed by atoms with Crippen LogP contribution in [0.5, 0.6) is 5.75 Å². The van der Waals surface area contributed by atoms with E-state index >= 15 is 0 Å². The van der Waals surface area contributed by atoms with Crippen molar-refractivity contribution in [1.29, 1.82) is 0 Å². The number of anilines is 1. The molecule has 0 atom stereocenters. The van der Waals surface area contributed by atoms with Gasteiger partial charge in [-0.1, -0.05) is 70.5 Å². The SMILES string of the molecule is C/C(=N/Nc1nc(-c2ccc(Br)cc2)cc(-c2ccccc2O)n1)c1ccccc1. The van der Waals surface area contributed by atoms with Crippen molar-refractivity contribution in [3.05, 3.63) is 95.0 Å². The molecule has 0 saturated heterocycles. The molecule has 1 aromatic heterocycles. The molecule has 6 heteroatoms. The Hall–Kier alpha value is -3.51. The summed E-state index contributed by atoms with van der Waals surface area (Å²) >= 11 is 3.46. The minimum atomic E-state index is 0.160. The molecule has 30 heavy (non-hydrogen) atoms. The van der Waals surface area contributed by atoms with Crippen molar-refractivity contribution in [1.82, 2.24) is 9.97 Å². The average Bonchev–Trinajstić information content (AvgIpc) is 2.78. The lowest BCUT2D eigenvalue weighted by molar-refractivity contribution is 0.477. The number of nitrogens with zero attached hydrogens (tertiary/aromatic N) is 3. The molecule has 0 bridgehead atoms. The molecular formula is C24H19BrN4O. The fraction of sp³-hybridized carbons (Fsp3) is 0.0417. The number of hydrazone groups is 1. The van der Waals surface area contributed by atoms with Gasteiger partial charge >= 0.3 is 0 Å². The van der Waals surface area contributed by atoms with Crippen LogP contribution in [0.1, 0.15) is 12.5 Å². The predicted octanol–water partition coefficient (Wildman–Crippen LogP) is 6.11. The van der Waals surface area contributed by atoms with Crippen LogP contribution in [-0.2, 0) is 0 Å². The summed E-state index contributed by atoms with van der Waals surface area (Å²) in [6, 6.07) is 26.7. The maximum Gasteiger partial charge on any atom is 0.244 e. The Morgan fingerprint density at radius 3 is 2.27 bits per heavy atom. The number of aromatic hydroxyl groups is 1. The number of hydrogen-bond acceptors (Lipinski definition) is 5. The van der Waals surface area contributed by atoms with Gasteiger partial charge in [0.15, 0.2) is 0 Å². The molecule has 3 aromatic carbocycles. The molecule has 0 radical (unpaired) electrons. The monoisotopic (exact) mass is 458 g/mol. The Labute approximate surface area is 183 Å². The third-order valence-corrected chi connectivity index (χ3v) is 5.09. The highest BCUT2D eigenvalue weighted by molar-refractivity contribution is 9.10. The van der Waals surface area contributed by atoms with Crippen molar-refractivity contribution in [2.24, 2.45) is 5.10 Å². The number of phenols is 1. The second-order valence-electron chi connectivity index (χ2n) is 6.66. The van der Waals surface area contributed by atoms with Crippen molar-refractivity contribution in [3.63, 3.8) is 0 Å². The van der Waals surface area contributed by atoms with Crippen LogP contribution in [0.25, 0.3) is 22.5 Å². The zero-order chi connectivity index (χ0) is 20.9. The lowest BCUT2D eigenvalue weighted by Gasteiger charge is -2.10. The largest absolute Gasteiger partial charge is 0.507 e. The Morgan fingerprint density at radius 1 is 0.867 bits per heavy atom. The molecule has 2 N–H and O–H groups in total. The molecule has 0 aliphatic heterocycles. The standard InChI is InChI=1S/C24H19BrN4O/c1-16(17-7-3-2-4-8-17)28-29-24-26-21(18-11-13-19(25)14-12-18)15-22(27-24)20-9-5-6-10-23(20)30/h2-15,30H,1H3,(H,26,27,29)/b28-16-. The van der Waals surface area contributed by atoms with Crippen LogP contribution in [0.15, 0.2) is 94.5 Å². The molecule has 0 unspecified atom stereocenters. The zero-order valence-corrected chi connectivity index (χ0v) is 17.8. The van der Waals surface area contributed by atoms with Crippen molar-refractivity contribution in [2.45, 2.75) is 6.92 Å². The van der Waals surface area contributed by atoms with E-state index in [-0.39, 0.29) is 5.75 Å². The van der Waals surface area contributed by atoms with E-state index in [0.29, 0.717) is 17.2 Å². The Balaban J connectivity index is 1.75. The predicted molar refractivity (Wildman–Crippen MR) is 125 cm³/mol. The smallest absolute Gasteiger partial charge is 0.244 e. The van der Waals surface area contributed by atoms with Crippen LogP contribution >= 0.6 is 15.9 Å². The lowest BCUT2D eigenvalue weighted by atomic mass is 10.1. The van der Waals surface area contributed by atoms with E-state index in [1.807, 2.05) is 79.7 Å². The van der Waals surface area contributed by atoms with Gasteiger partial charge in [0, 0.05) is 15.6 Å². The number of nitrogens with one attached hydrogen (secondary N) is 1. The second-order valence-corrected chi connectivity index (χ2v) is 7.58. The van der Waals surface area contributed by atoms with Gasteiger partial charge in [-0.25, -0.2) is 15.4 Å². The first-order valence-corrected chi connectivity index (χ1v) is 10.2. The number of aromatic nitrogens is 2. The summed E-state index contributed by atoms with van der Waals surface area (Å²) in [5, 5.41) is 14.7. The zero-order valence-electron chi connectivity index (χ0n) is 16.2. The van der Waals surface area contributed by atoms with Gasteiger partial charge < -0.3 is 5.11 Å². The van der Waals surface area contributed by atoms with E-state index in [2.05, 4.69) is 36.4 Å². The summed E-state index contributed by atoms with van der Waals surface area (Å²) in [5.41, 5.74) is 7.69. The van der Waals surface area contributed by atoms with Gasteiger partial charge in [-0.15, -0.1) is 0 Å². The molecule has 0 fully saturated rings. The first-order valence-electron chi connectivity index (χ1n) is 9.39. The maximum atomic E-state index is 10.3. The molecule has 0 aliphatic rings. The number of para-hydroxylation sites is 1. The van der Waals surface area contributed by atoms with Crippen molar-refractivity contribution in [3.8, 4) is 28.3 Å². The van der Waals surface area contributed by atoms with Crippen LogP contribution in [0.3, 0.4) is 0 Å². The number of phenolic OH excluding ortho intramolecular Hbond substituents is 1. The summed E-state index contributed by atoms with van der Waals surface area (Å²) in [6.45, 7) is 1.92. The summed E-state index contributed by atoms with van der Waals surface area (Å²) in [5.74, 6) is 0.511. The third kappa shape index (κ3) is 4.55. The Bertz CT molecular complexity index is 1190. The molecule has 5 nitrogen and oxygen atoms in total. The van der Waals surface area contributed by atoms with Gasteiger partial charge in [-0.2, -0.15) is 5.10 Å². The van der Waals surface area contributed by atoms with Gasteiger partial charge in [0.25, 0.3) is 0 Å². The summed E-state index contributed by atoms with van der Waals surface area (Å²) in [4.78, 5) is 9.20. The number of halogens is 1. The van der Waals surface area contributed by atoms with Gasteiger partial charge in [-0.05, 0) is 42.8 Å². The van der Waals surface area contributed by atoms with E-state index in [1.54, 1.807) is 12.1 Å². The van der Waals surface area contributed by atoms with Gasteiger partial charge in [0.2, 0.25) is 5.95 Å². The Kier molecular flexibility index (Phi) is 5.86. The number of benzene rings is 3. The summed E-state index contributed by atoms with van der Waals surface area (Å²) in [6.07, 6.45) is 0. The molecule has 148 valence electrons. The van der Waals surface area contributed by atoms with Crippen molar-refractivity contribution < 1.29 is 5.11 Å². The first kappa shape index (κ1) is 19.8. The summed E-state index contributed by atoms with van der Waals surface area (Å²) < 4.78 is 0.989. The van der Waals surface area contributed by atoms with E-state index in [0.717, 1.165) is 27.0 Å². The number of hydrogen-bond donors (Lipinski definition) is 2. The number of rotatable bonds is 5. The molecule has 0 saturated carbocycles. The molecule has 1 heterocycles. The molecule has 4 aromatic rings. The van der Waals surface area contributed by atoms with Crippen molar-refractivity contribution in [2.75, 3.05) is 5.43 Å².